The van der Waals surface area contributed by atoms with Gasteiger partial charge >= 0.3 is 0 Å². The zero-order chi connectivity index (χ0) is 10.8. The lowest BCUT2D eigenvalue weighted by atomic mass is 10.4. The van der Waals surface area contributed by atoms with Crippen LogP contribution in [0.4, 0.5) is 0 Å². The second-order valence-corrected chi connectivity index (χ2v) is 3.23. The quantitative estimate of drug-likeness (QED) is 0.740. The Morgan fingerprint density at radius 1 is 1.53 bits per heavy atom. The third-order valence-corrected chi connectivity index (χ3v) is 2.30. The molecule has 0 unspecified atom stereocenters. The molecule has 0 aliphatic heterocycles. The molecule has 0 bridgehead atoms. The van der Waals surface area contributed by atoms with E-state index in [-0.39, 0.29) is 5.56 Å². The van der Waals surface area contributed by atoms with Gasteiger partial charge in [-0.05, 0) is 6.92 Å². The Hall–Kier alpha value is -1.69. The first kappa shape index (κ1) is 9.85. The van der Waals surface area contributed by atoms with Crippen LogP contribution in [0.1, 0.15) is 6.92 Å². The van der Waals surface area contributed by atoms with Gasteiger partial charge in [0.1, 0.15) is 5.39 Å². The van der Waals surface area contributed by atoms with Gasteiger partial charge in [0, 0.05) is 13.1 Å². The van der Waals surface area contributed by atoms with Crippen LogP contribution < -0.4 is 11.3 Å². The summed E-state index contributed by atoms with van der Waals surface area (Å²) in [6.45, 7) is 3.57. The van der Waals surface area contributed by atoms with Crippen LogP contribution in [-0.4, -0.2) is 25.9 Å². The summed E-state index contributed by atoms with van der Waals surface area (Å²) in [5, 5.41) is 4.63. The SMILES string of the molecule is CCn1cnc2c(cnn2CCN)c1=O. The Kier molecular flexibility index (Phi) is 2.51. The summed E-state index contributed by atoms with van der Waals surface area (Å²) in [7, 11) is 0. The first-order chi connectivity index (χ1) is 7.27. The fraction of sp³-hybridized carbons (Fsp3) is 0.444. The van der Waals surface area contributed by atoms with Gasteiger partial charge in [-0.2, -0.15) is 5.10 Å². The maximum Gasteiger partial charge on any atom is 0.264 e. The van der Waals surface area contributed by atoms with E-state index in [1.165, 1.54) is 0 Å². The summed E-state index contributed by atoms with van der Waals surface area (Å²) >= 11 is 0. The van der Waals surface area contributed by atoms with Crippen LogP contribution in [0.5, 0.6) is 0 Å². The molecule has 0 saturated heterocycles. The monoisotopic (exact) mass is 207 g/mol. The molecule has 2 aromatic heterocycles. The molecule has 0 spiro atoms. The van der Waals surface area contributed by atoms with E-state index in [2.05, 4.69) is 10.1 Å². The molecule has 6 heteroatoms. The molecule has 15 heavy (non-hydrogen) atoms. The minimum atomic E-state index is -0.0502. The second kappa shape index (κ2) is 3.82. The molecule has 0 atom stereocenters. The lowest BCUT2D eigenvalue weighted by Crippen LogP contribution is -2.20. The van der Waals surface area contributed by atoms with E-state index in [1.54, 1.807) is 21.8 Å². The molecule has 0 amide bonds. The number of aryl methyl sites for hydroxylation is 1. The first-order valence-corrected chi connectivity index (χ1v) is 4.89. The Morgan fingerprint density at radius 3 is 3.00 bits per heavy atom. The largest absolute Gasteiger partial charge is 0.329 e. The van der Waals surface area contributed by atoms with Crippen molar-refractivity contribution in [1.29, 1.82) is 0 Å². The van der Waals surface area contributed by atoms with Crippen LogP contribution in [0.2, 0.25) is 0 Å². The predicted molar refractivity (Wildman–Crippen MR) is 56.5 cm³/mol. The number of aromatic nitrogens is 4. The van der Waals surface area contributed by atoms with Crippen molar-refractivity contribution in [1.82, 2.24) is 19.3 Å². The molecule has 2 rings (SSSR count). The molecule has 0 fully saturated rings. The number of hydrogen-bond donors (Lipinski definition) is 1. The third-order valence-electron chi connectivity index (χ3n) is 2.30. The Balaban J connectivity index is 2.65. The summed E-state index contributed by atoms with van der Waals surface area (Å²) in [6.07, 6.45) is 3.09. The van der Waals surface area contributed by atoms with Crippen molar-refractivity contribution in [3.05, 3.63) is 22.9 Å². The first-order valence-electron chi connectivity index (χ1n) is 4.89. The summed E-state index contributed by atoms with van der Waals surface area (Å²) in [5.41, 5.74) is 5.99. The van der Waals surface area contributed by atoms with Gasteiger partial charge in [0.25, 0.3) is 5.56 Å². The van der Waals surface area contributed by atoms with E-state index in [0.29, 0.717) is 30.7 Å². The maximum atomic E-state index is 11.8. The summed E-state index contributed by atoms with van der Waals surface area (Å²) in [6, 6.07) is 0. The lowest BCUT2D eigenvalue weighted by Gasteiger charge is -2.02. The summed E-state index contributed by atoms with van der Waals surface area (Å²) in [5.74, 6) is 0. The standard InChI is InChI=1S/C9H13N5O/c1-2-13-6-11-8-7(9(13)15)5-12-14(8)4-3-10/h5-6H,2-4,10H2,1H3. The molecule has 2 heterocycles. The molecular weight excluding hydrogens is 194 g/mol. The number of fused-ring (bicyclic) bond motifs is 1. The Labute approximate surface area is 86.3 Å². The van der Waals surface area contributed by atoms with Crippen molar-refractivity contribution in [2.45, 2.75) is 20.0 Å². The fourth-order valence-electron chi connectivity index (χ4n) is 1.51. The highest BCUT2D eigenvalue weighted by Crippen LogP contribution is 2.04. The van der Waals surface area contributed by atoms with Gasteiger partial charge in [-0.15, -0.1) is 0 Å². The van der Waals surface area contributed by atoms with Crippen molar-refractivity contribution in [2.75, 3.05) is 6.54 Å². The van der Waals surface area contributed by atoms with Crippen LogP contribution >= 0.6 is 0 Å². The fourth-order valence-corrected chi connectivity index (χ4v) is 1.51. The number of hydrogen-bond acceptors (Lipinski definition) is 4. The summed E-state index contributed by atoms with van der Waals surface area (Å²) < 4.78 is 3.20. The Morgan fingerprint density at radius 2 is 2.33 bits per heavy atom. The average Bonchev–Trinajstić information content (AvgIpc) is 2.64. The molecule has 0 aliphatic rings. The molecular formula is C9H13N5O. The molecule has 0 saturated carbocycles. The minimum Gasteiger partial charge on any atom is -0.329 e. The van der Waals surface area contributed by atoms with E-state index in [9.17, 15) is 4.79 Å². The molecule has 2 aromatic rings. The normalized spacial score (nSPS) is 11.1. The zero-order valence-electron chi connectivity index (χ0n) is 8.55. The van der Waals surface area contributed by atoms with Gasteiger partial charge in [0.05, 0.1) is 19.1 Å². The Bertz CT molecular complexity index is 527. The third kappa shape index (κ3) is 1.52. The van der Waals surface area contributed by atoms with Crippen molar-refractivity contribution in [3.63, 3.8) is 0 Å². The number of nitrogens with zero attached hydrogens (tertiary/aromatic N) is 4. The predicted octanol–water partition coefficient (Wildman–Crippen LogP) is -0.428. The van der Waals surface area contributed by atoms with Gasteiger partial charge < -0.3 is 5.73 Å². The van der Waals surface area contributed by atoms with Crippen LogP contribution in [0.25, 0.3) is 11.0 Å². The molecule has 0 radical (unpaired) electrons. The smallest absolute Gasteiger partial charge is 0.264 e. The van der Waals surface area contributed by atoms with Gasteiger partial charge in [-0.25, -0.2) is 9.67 Å². The van der Waals surface area contributed by atoms with E-state index in [0.717, 1.165) is 0 Å². The minimum absolute atomic E-state index is 0.0502. The molecule has 0 aromatic carbocycles. The van der Waals surface area contributed by atoms with Gasteiger partial charge in [0.15, 0.2) is 5.65 Å². The van der Waals surface area contributed by atoms with Gasteiger partial charge in [-0.1, -0.05) is 0 Å². The second-order valence-electron chi connectivity index (χ2n) is 3.23. The van der Waals surface area contributed by atoms with Crippen molar-refractivity contribution < 1.29 is 0 Å². The van der Waals surface area contributed by atoms with E-state index >= 15 is 0 Å². The van der Waals surface area contributed by atoms with E-state index in [1.807, 2.05) is 6.92 Å². The highest BCUT2D eigenvalue weighted by molar-refractivity contribution is 5.72. The topological polar surface area (TPSA) is 78.7 Å². The average molecular weight is 207 g/mol. The molecule has 0 aliphatic carbocycles. The summed E-state index contributed by atoms with van der Waals surface area (Å²) in [4.78, 5) is 16.0. The van der Waals surface area contributed by atoms with Crippen molar-refractivity contribution in [3.8, 4) is 0 Å². The van der Waals surface area contributed by atoms with Crippen LogP contribution in [0, 0.1) is 0 Å². The zero-order valence-corrected chi connectivity index (χ0v) is 8.55. The van der Waals surface area contributed by atoms with Crippen LogP contribution in [0.15, 0.2) is 17.3 Å². The van der Waals surface area contributed by atoms with E-state index in [4.69, 9.17) is 5.73 Å². The van der Waals surface area contributed by atoms with Crippen molar-refractivity contribution in [2.24, 2.45) is 5.73 Å². The number of rotatable bonds is 3. The molecule has 6 nitrogen and oxygen atoms in total. The van der Waals surface area contributed by atoms with E-state index < -0.39 is 0 Å². The van der Waals surface area contributed by atoms with Gasteiger partial charge in [-0.3, -0.25) is 9.36 Å². The maximum absolute atomic E-state index is 11.8. The lowest BCUT2D eigenvalue weighted by molar-refractivity contribution is 0.636. The molecule has 2 N–H and O–H groups in total. The highest BCUT2D eigenvalue weighted by Gasteiger charge is 2.08. The van der Waals surface area contributed by atoms with Crippen LogP contribution in [0.3, 0.4) is 0 Å². The number of nitrogens with two attached hydrogens (primary N) is 1. The van der Waals surface area contributed by atoms with Crippen molar-refractivity contribution >= 4 is 11.0 Å². The highest BCUT2D eigenvalue weighted by atomic mass is 16.1. The molecule has 80 valence electrons. The van der Waals surface area contributed by atoms with Crippen LogP contribution in [-0.2, 0) is 13.1 Å². The van der Waals surface area contributed by atoms with Gasteiger partial charge in [0.2, 0.25) is 0 Å².